The zero-order valence-corrected chi connectivity index (χ0v) is 18.6. The summed E-state index contributed by atoms with van der Waals surface area (Å²) >= 11 is 2.65. The highest BCUT2D eigenvalue weighted by molar-refractivity contribution is 7.99. The first kappa shape index (κ1) is 21.0. The summed E-state index contributed by atoms with van der Waals surface area (Å²) in [4.78, 5) is 33.9. The first-order valence-electron chi connectivity index (χ1n) is 9.61. The van der Waals surface area contributed by atoms with Crippen LogP contribution in [0.25, 0.3) is 21.3 Å². The van der Waals surface area contributed by atoms with Gasteiger partial charge in [-0.3, -0.25) is 9.59 Å². The molecule has 2 aromatic heterocycles. The summed E-state index contributed by atoms with van der Waals surface area (Å²) in [7, 11) is 0. The minimum Gasteiger partial charge on any atom is -0.301 e. The van der Waals surface area contributed by atoms with Crippen molar-refractivity contribution in [3.8, 4) is 11.1 Å². The number of hydrogen-bond donors (Lipinski definition) is 2. The topological polar surface area (TPSA) is 87.2 Å². The first-order chi connectivity index (χ1) is 15.0. The number of aromatic amines is 1. The fourth-order valence-electron chi connectivity index (χ4n) is 3.12. The molecule has 156 valence electrons. The van der Waals surface area contributed by atoms with Crippen molar-refractivity contribution in [1.29, 1.82) is 0 Å². The molecule has 0 aliphatic carbocycles. The minimum absolute atomic E-state index is 0.0928. The third-order valence-corrected chi connectivity index (χ3v) is 6.47. The van der Waals surface area contributed by atoms with Crippen LogP contribution >= 0.6 is 23.1 Å². The number of nitrogens with zero attached hydrogens (tertiary/aromatic N) is 2. The van der Waals surface area contributed by atoms with E-state index in [9.17, 15) is 9.59 Å². The number of thioether (sulfide) groups is 1. The Kier molecular flexibility index (Phi) is 6.29. The molecule has 0 spiro atoms. The number of hydrogen-bond acceptors (Lipinski definition) is 6. The van der Waals surface area contributed by atoms with Crippen molar-refractivity contribution in [3.05, 3.63) is 81.0 Å². The summed E-state index contributed by atoms with van der Waals surface area (Å²) in [5.41, 5.74) is 6.26. The SMILES string of the molecule is Cc1ccc(/C=N/NC(=O)CSc2nc3sc(C)c(-c4ccccc4)c3c(=O)[nH]2)cc1. The third-order valence-electron chi connectivity index (χ3n) is 4.60. The number of benzene rings is 2. The van der Waals surface area contributed by atoms with Gasteiger partial charge in [-0.15, -0.1) is 11.3 Å². The molecular weight excluding hydrogens is 428 g/mol. The van der Waals surface area contributed by atoms with Crippen LogP contribution in [0.3, 0.4) is 0 Å². The van der Waals surface area contributed by atoms with Gasteiger partial charge in [0.2, 0.25) is 0 Å². The van der Waals surface area contributed by atoms with Gasteiger partial charge in [-0.1, -0.05) is 71.9 Å². The maximum atomic E-state index is 12.8. The highest BCUT2D eigenvalue weighted by Gasteiger charge is 2.17. The lowest BCUT2D eigenvalue weighted by Crippen LogP contribution is -2.20. The summed E-state index contributed by atoms with van der Waals surface area (Å²) in [6, 6.07) is 17.6. The largest absolute Gasteiger partial charge is 0.301 e. The normalized spacial score (nSPS) is 11.3. The second-order valence-electron chi connectivity index (χ2n) is 6.94. The quantitative estimate of drug-likeness (QED) is 0.197. The van der Waals surface area contributed by atoms with Gasteiger partial charge in [-0.2, -0.15) is 5.10 Å². The molecule has 0 saturated heterocycles. The second kappa shape index (κ2) is 9.28. The first-order valence-corrected chi connectivity index (χ1v) is 11.4. The molecule has 0 aliphatic rings. The van der Waals surface area contributed by atoms with Crippen LogP contribution < -0.4 is 11.0 Å². The van der Waals surface area contributed by atoms with Crippen molar-refractivity contribution in [2.75, 3.05) is 5.75 Å². The Balaban J connectivity index is 1.45. The van der Waals surface area contributed by atoms with Gasteiger partial charge in [0.25, 0.3) is 11.5 Å². The molecule has 4 aromatic rings. The summed E-state index contributed by atoms with van der Waals surface area (Å²) in [5, 5.41) is 4.97. The number of amides is 1. The van der Waals surface area contributed by atoms with Gasteiger partial charge in [0.15, 0.2) is 5.16 Å². The zero-order valence-electron chi connectivity index (χ0n) is 17.0. The van der Waals surface area contributed by atoms with Crippen LogP contribution in [0, 0.1) is 13.8 Å². The lowest BCUT2D eigenvalue weighted by Gasteiger charge is -2.03. The van der Waals surface area contributed by atoms with E-state index in [0.29, 0.717) is 15.4 Å². The predicted octanol–water partition coefficient (Wildman–Crippen LogP) is 4.51. The molecule has 31 heavy (non-hydrogen) atoms. The van der Waals surface area contributed by atoms with E-state index in [1.54, 1.807) is 6.21 Å². The molecule has 0 atom stereocenters. The Hall–Kier alpha value is -3.23. The van der Waals surface area contributed by atoms with Crippen LogP contribution in [0.4, 0.5) is 0 Å². The number of carbonyl (C=O) groups is 1. The van der Waals surface area contributed by atoms with E-state index in [0.717, 1.165) is 27.1 Å². The van der Waals surface area contributed by atoms with E-state index >= 15 is 0 Å². The van der Waals surface area contributed by atoms with Crippen molar-refractivity contribution in [1.82, 2.24) is 15.4 Å². The molecule has 2 aromatic carbocycles. The Labute approximate surface area is 187 Å². The number of thiophene rings is 1. The molecule has 1 amide bonds. The van der Waals surface area contributed by atoms with Gasteiger partial charge < -0.3 is 4.98 Å². The van der Waals surface area contributed by atoms with Crippen LogP contribution in [0.15, 0.2) is 69.6 Å². The number of fused-ring (bicyclic) bond motifs is 1. The van der Waals surface area contributed by atoms with E-state index in [2.05, 4.69) is 20.5 Å². The Morgan fingerprint density at radius 1 is 1.16 bits per heavy atom. The van der Waals surface area contributed by atoms with E-state index in [4.69, 9.17) is 0 Å². The number of rotatable bonds is 6. The number of aromatic nitrogens is 2. The average Bonchev–Trinajstić information content (AvgIpc) is 3.10. The summed E-state index contributed by atoms with van der Waals surface area (Å²) < 4.78 is 0. The predicted molar refractivity (Wildman–Crippen MR) is 128 cm³/mol. The van der Waals surface area contributed by atoms with Crippen LogP contribution in [0.2, 0.25) is 0 Å². The third kappa shape index (κ3) is 4.92. The molecule has 2 heterocycles. The van der Waals surface area contributed by atoms with Crippen molar-refractivity contribution in [3.63, 3.8) is 0 Å². The summed E-state index contributed by atoms with van der Waals surface area (Å²) in [6.45, 7) is 4.00. The second-order valence-corrected chi connectivity index (χ2v) is 9.11. The lowest BCUT2D eigenvalue weighted by atomic mass is 10.0. The summed E-state index contributed by atoms with van der Waals surface area (Å²) in [6.07, 6.45) is 1.59. The van der Waals surface area contributed by atoms with Crippen molar-refractivity contribution in [2.45, 2.75) is 19.0 Å². The molecule has 8 heteroatoms. The number of nitrogens with one attached hydrogen (secondary N) is 2. The average molecular weight is 449 g/mol. The van der Waals surface area contributed by atoms with Gasteiger partial charge in [0, 0.05) is 10.4 Å². The molecule has 0 fully saturated rings. The smallest absolute Gasteiger partial charge is 0.260 e. The lowest BCUT2D eigenvalue weighted by molar-refractivity contribution is -0.118. The van der Waals surface area contributed by atoms with Gasteiger partial charge >= 0.3 is 0 Å². The number of hydrazone groups is 1. The van der Waals surface area contributed by atoms with Gasteiger partial charge in [-0.25, -0.2) is 10.4 Å². The van der Waals surface area contributed by atoms with Crippen LogP contribution in [0.5, 0.6) is 0 Å². The highest BCUT2D eigenvalue weighted by Crippen LogP contribution is 2.35. The van der Waals surface area contributed by atoms with Crippen molar-refractivity contribution >= 4 is 45.4 Å². The van der Waals surface area contributed by atoms with Crippen LogP contribution in [-0.4, -0.2) is 27.8 Å². The van der Waals surface area contributed by atoms with Crippen molar-refractivity contribution < 1.29 is 4.79 Å². The maximum Gasteiger partial charge on any atom is 0.260 e. The highest BCUT2D eigenvalue weighted by atomic mass is 32.2. The van der Waals surface area contributed by atoms with Crippen LogP contribution in [0.1, 0.15) is 16.0 Å². The fraction of sp³-hybridized carbons (Fsp3) is 0.130. The van der Waals surface area contributed by atoms with E-state index in [-0.39, 0.29) is 17.2 Å². The fourth-order valence-corrected chi connectivity index (χ4v) is 4.87. The molecule has 0 radical (unpaired) electrons. The van der Waals surface area contributed by atoms with E-state index < -0.39 is 0 Å². The molecule has 0 bridgehead atoms. The number of H-pyrrole nitrogens is 1. The zero-order chi connectivity index (χ0) is 21.8. The van der Waals surface area contributed by atoms with Gasteiger partial charge in [0.1, 0.15) is 4.83 Å². The molecule has 0 aliphatic heterocycles. The van der Waals surface area contributed by atoms with Gasteiger partial charge in [-0.05, 0) is 25.0 Å². The number of carbonyl (C=O) groups excluding carboxylic acids is 1. The molecule has 4 rings (SSSR count). The van der Waals surface area contributed by atoms with E-state index in [1.807, 2.05) is 68.4 Å². The molecule has 0 unspecified atom stereocenters. The minimum atomic E-state index is -0.275. The standard InChI is InChI=1S/C23H20N4O2S2/c1-14-8-10-16(11-9-14)12-24-27-18(28)13-30-23-25-21(29)20-19(15(2)31-22(20)26-23)17-6-4-3-5-7-17/h3-12H,13H2,1-2H3,(H,27,28)(H,25,26,29)/b24-12+. The Bertz CT molecular complexity index is 1310. The molecule has 2 N–H and O–H groups in total. The molecular formula is C23H20N4O2S2. The summed E-state index contributed by atoms with van der Waals surface area (Å²) in [5.74, 6) is -0.182. The van der Waals surface area contributed by atoms with E-state index in [1.165, 1.54) is 23.1 Å². The molecule has 0 saturated carbocycles. The van der Waals surface area contributed by atoms with Crippen molar-refractivity contribution in [2.24, 2.45) is 5.10 Å². The van der Waals surface area contributed by atoms with Crippen LogP contribution in [-0.2, 0) is 4.79 Å². The van der Waals surface area contributed by atoms with Gasteiger partial charge in [0.05, 0.1) is 17.4 Å². The Morgan fingerprint density at radius 2 is 1.90 bits per heavy atom. The monoisotopic (exact) mass is 448 g/mol. The Morgan fingerprint density at radius 3 is 2.65 bits per heavy atom. The molecule has 6 nitrogen and oxygen atoms in total. The maximum absolute atomic E-state index is 12.8. The number of aryl methyl sites for hydroxylation is 2.